The molecule has 1 N–H and O–H groups in total. The third-order valence-electron chi connectivity index (χ3n) is 3.74. The lowest BCUT2D eigenvalue weighted by Gasteiger charge is -2.06. The molecule has 2 heterocycles. The summed E-state index contributed by atoms with van der Waals surface area (Å²) in [5, 5.41) is 13.8. The highest BCUT2D eigenvalue weighted by Crippen LogP contribution is 2.26. The van der Waals surface area contributed by atoms with Gasteiger partial charge >= 0.3 is 0 Å². The maximum atomic E-state index is 9.81. The second kappa shape index (κ2) is 6.41. The smallest absolute Gasteiger partial charge is 0.209 e. The number of hydrogen-bond acceptors (Lipinski definition) is 6. The summed E-state index contributed by atoms with van der Waals surface area (Å²) in [4.78, 5) is 8.81. The molecule has 0 aliphatic rings. The number of aromatic nitrogens is 1. The third-order valence-corrected chi connectivity index (χ3v) is 4.40. The van der Waals surface area contributed by atoms with Gasteiger partial charge in [0.2, 0.25) is 5.13 Å². The summed E-state index contributed by atoms with van der Waals surface area (Å²) in [6, 6.07) is 14.4. The summed E-state index contributed by atoms with van der Waals surface area (Å²) in [5.41, 5.74) is 1.55. The van der Waals surface area contributed by atoms with Crippen molar-refractivity contribution in [2.75, 3.05) is 7.11 Å². The highest BCUT2D eigenvalue weighted by Gasteiger charge is 2.08. The minimum atomic E-state index is 0.162. The molecular weight excluding hydrogens is 336 g/mol. The quantitative estimate of drug-likeness (QED) is 0.590. The summed E-state index contributed by atoms with van der Waals surface area (Å²) < 4.78 is 11.2. The molecule has 5 nitrogen and oxygen atoms in total. The van der Waals surface area contributed by atoms with Gasteiger partial charge in [0.25, 0.3) is 0 Å². The molecule has 0 amide bonds. The first-order chi connectivity index (χ1) is 12.2. The lowest BCUT2D eigenvalue weighted by molar-refractivity contribution is 0.415. The predicted octanol–water partition coefficient (Wildman–Crippen LogP) is 4.50. The minimum absolute atomic E-state index is 0.162. The first-order valence-electron chi connectivity index (χ1n) is 7.58. The van der Waals surface area contributed by atoms with Crippen LogP contribution < -0.4 is 10.1 Å². The lowest BCUT2D eigenvalue weighted by atomic mass is 10.1. The molecule has 2 aromatic carbocycles. The first-order valence-corrected chi connectivity index (χ1v) is 8.46. The summed E-state index contributed by atoms with van der Waals surface area (Å²) in [7, 11) is 1.63. The lowest BCUT2D eigenvalue weighted by Crippen LogP contribution is -2.03. The van der Waals surface area contributed by atoms with E-state index in [2.05, 4.69) is 9.98 Å². The monoisotopic (exact) mass is 350 g/mol. The fourth-order valence-electron chi connectivity index (χ4n) is 2.52. The Labute approximate surface area is 147 Å². The number of nitrogens with zero attached hydrogens (tertiary/aromatic N) is 2. The van der Waals surface area contributed by atoms with Crippen LogP contribution in [-0.4, -0.2) is 17.2 Å². The molecule has 0 radical (unpaired) electrons. The highest BCUT2D eigenvalue weighted by molar-refractivity contribution is 7.13. The van der Waals surface area contributed by atoms with Crippen molar-refractivity contribution in [3.05, 3.63) is 65.5 Å². The number of methoxy groups -OCH3 is 1. The summed E-state index contributed by atoms with van der Waals surface area (Å²) >= 11 is 1.45. The normalized spacial score (nSPS) is 11.8. The Morgan fingerprint density at radius 3 is 2.68 bits per heavy atom. The molecule has 4 aromatic rings. The zero-order valence-corrected chi connectivity index (χ0v) is 14.2. The highest BCUT2D eigenvalue weighted by atomic mass is 32.1. The Hall–Kier alpha value is -3.12. The van der Waals surface area contributed by atoms with Gasteiger partial charge in [0.15, 0.2) is 0 Å². The molecule has 0 bridgehead atoms. The van der Waals surface area contributed by atoms with Crippen LogP contribution >= 0.6 is 11.3 Å². The molecule has 0 saturated carbocycles. The van der Waals surface area contributed by atoms with Crippen molar-refractivity contribution in [3.63, 3.8) is 0 Å². The molecule has 6 heteroatoms. The van der Waals surface area contributed by atoms with Gasteiger partial charge in [-0.1, -0.05) is 0 Å². The van der Waals surface area contributed by atoms with Crippen LogP contribution in [-0.2, 0) is 0 Å². The standard InChI is InChI=1S/C19H14N2O3S/c1-23-14-5-2-12(3-6-14)18-11-16(21-19-20-8-9-25-19)15-10-13(22)4-7-17(15)24-18/h2-11,22H,1H3. The van der Waals surface area contributed by atoms with E-state index < -0.39 is 0 Å². The van der Waals surface area contributed by atoms with E-state index in [1.165, 1.54) is 11.3 Å². The van der Waals surface area contributed by atoms with E-state index in [0.717, 1.165) is 16.7 Å². The maximum absolute atomic E-state index is 9.81. The summed E-state index contributed by atoms with van der Waals surface area (Å²) in [6.07, 6.45) is 1.71. The van der Waals surface area contributed by atoms with Crippen molar-refractivity contribution in [1.29, 1.82) is 0 Å². The van der Waals surface area contributed by atoms with E-state index in [0.29, 0.717) is 21.8 Å². The number of hydrogen-bond donors (Lipinski definition) is 1. The van der Waals surface area contributed by atoms with Crippen molar-refractivity contribution >= 4 is 27.4 Å². The number of aromatic hydroxyl groups is 1. The Bertz CT molecular complexity index is 1080. The number of fused-ring (bicyclic) bond motifs is 1. The molecule has 4 rings (SSSR count). The zero-order chi connectivity index (χ0) is 17.2. The molecule has 0 spiro atoms. The van der Waals surface area contributed by atoms with Crippen LogP contribution in [0.25, 0.3) is 22.3 Å². The van der Waals surface area contributed by atoms with Gasteiger partial charge in [-0.25, -0.2) is 9.98 Å². The van der Waals surface area contributed by atoms with E-state index in [9.17, 15) is 5.11 Å². The van der Waals surface area contributed by atoms with Crippen molar-refractivity contribution < 1.29 is 14.3 Å². The molecule has 0 atom stereocenters. The Balaban J connectivity index is 1.96. The number of rotatable bonds is 3. The SMILES string of the molecule is COc1ccc(-c2cc(=Nc3nccs3)c3cc(O)ccc3o2)cc1. The van der Waals surface area contributed by atoms with Crippen molar-refractivity contribution in [3.8, 4) is 22.8 Å². The summed E-state index contributed by atoms with van der Waals surface area (Å²) in [6.45, 7) is 0. The predicted molar refractivity (Wildman–Crippen MR) is 97.2 cm³/mol. The van der Waals surface area contributed by atoms with Gasteiger partial charge in [-0.2, -0.15) is 0 Å². The number of thiazole rings is 1. The second-order valence-corrected chi connectivity index (χ2v) is 6.20. The minimum Gasteiger partial charge on any atom is -0.508 e. The van der Waals surface area contributed by atoms with Crippen LogP contribution in [0.3, 0.4) is 0 Å². The van der Waals surface area contributed by atoms with Gasteiger partial charge in [0.1, 0.15) is 22.8 Å². The fraction of sp³-hybridized carbons (Fsp3) is 0.0526. The number of phenols is 1. The van der Waals surface area contributed by atoms with E-state index in [-0.39, 0.29) is 5.75 Å². The largest absolute Gasteiger partial charge is 0.508 e. The van der Waals surface area contributed by atoms with E-state index in [1.54, 1.807) is 31.5 Å². The Morgan fingerprint density at radius 2 is 1.96 bits per heavy atom. The van der Waals surface area contributed by atoms with Gasteiger partial charge in [0.05, 0.1) is 12.5 Å². The molecule has 2 aromatic heterocycles. The Morgan fingerprint density at radius 1 is 1.12 bits per heavy atom. The van der Waals surface area contributed by atoms with E-state index in [4.69, 9.17) is 9.15 Å². The average molecular weight is 350 g/mol. The molecule has 25 heavy (non-hydrogen) atoms. The number of ether oxygens (including phenoxy) is 1. The van der Waals surface area contributed by atoms with Crippen LogP contribution in [0.5, 0.6) is 11.5 Å². The second-order valence-electron chi connectivity index (χ2n) is 5.33. The summed E-state index contributed by atoms with van der Waals surface area (Å²) in [5.74, 6) is 1.62. The van der Waals surface area contributed by atoms with Crippen LogP contribution in [0.4, 0.5) is 5.13 Å². The van der Waals surface area contributed by atoms with Crippen molar-refractivity contribution in [2.24, 2.45) is 4.99 Å². The topological polar surface area (TPSA) is 67.9 Å². The van der Waals surface area contributed by atoms with Crippen molar-refractivity contribution in [2.45, 2.75) is 0 Å². The van der Waals surface area contributed by atoms with E-state index >= 15 is 0 Å². The third kappa shape index (κ3) is 3.12. The first kappa shape index (κ1) is 15.4. The van der Waals surface area contributed by atoms with Crippen LogP contribution in [0.15, 0.2) is 69.5 Å². The molecule has 0 aliphatic carbocycles. The van der Waals surface area contributed by atoms with Gasteiger partial charge in [0, 0.05) is 28.6 Å². The van der Waals surface area contributed by atoms with Crippen LogP contribution in [0.1, 0.15) is 0 Å². The molecule has 0 unspecified atom stereocenters. The van der Waals surface area contributed by atoms with Crippen LogP contribution in [0, 0.1) is 0 Å². The number of benzene rings is 2. The fourth-order valence-corrected chi connectivity index (χ4v) is 3.04. The Kier molecular flexibility index (Phi) is 3.95. The zero-order valence-electron chi connectivity index (χ0n) is 13.3. The van der Waals surface area contributed by atoms with E-state index in [1.807, 2.05) is 35.7 Å². The molecule has 0 aliphatic heterocycles. The molecule has 0 fully saturated rings. The van der Waals surface area contributed by atoms with Gasteiger partial charge in [-0.05, 0) is 42.5 Å². The maximum Gasteiger partial charge on any atom is 0.209 e. The average Bonchev–Trinajstić information content (AvgIpc) is 3.15. The van der Waals surface area contributed by atoms with Gasteiger partial charge < -0.3 is 14.3 Å². The molecule has 0 saturated heterocycles. The van der Waals surface area contributed by atoms with Gasteiger partial charge in [-0.3, -0.25) is 0 Å². The molecule has 124 valence electrons. The van der Waals surface area contributed by atoms with Crippen LogP contribution in [0.2, 0.25) is 0 Å². The number of phenolic OH excluding ortho intramolecular Hbond substituents is 1. The van der Waals surface area contributed by atoms with Crippen molar-refractivity contribution in [1.82, 2.24) is 4.98 Å². The van der Waals surface area contributed by atoms with Gasteiger partial charge in [-0.15, -0.1) is 11.3 Å². The molecular formula is C19H14N2O3S.